The highest BCUT2D eigenvalue weighted by Crippen LogP contribution is 1.88. The van der Waals surface area contributed by atoms with E-state index in [-0.39, 0.29) is 0 Å². The molecule has 0 radical (unpaired) electrons. The monoisotopic (exact) mass is 153 g/mol. The third-order valence-electron chi connectivity index (χ3n) is 1.36. The van der Waals surface area contributed by atoms with Crippen LogP contribution in [0.1, 0.15) is 19.7 Å². The SMILES string of the molecule is CC=C(C)NCc1nnn[nH]1. The molecule has 0 aromatic carbocycles. The average Bonchev–Trinajstić information content (AvgIpc) is 2.52. The zero-order valence-corrected chi connectivity index (χ0v) is 6.63. The molecule has 0 unspecified atom stereocenters. The fraction of sp³-hybridized carbons (Fsp3) is 0.500. The maximum atomic E-state index is 3.72. The van der Waals surface area contributed by atoms with Crippen molar-refractivity contribution in [2.24, 2.45) is 0 Å². The van der Waals surface area contributed by atoms with Crippen LogP contribution in [-0.2, 0) is 6.54 Å². The molecule has 1 aromatic rings. The lowest BCUT2D eigenvalue weighted by Crippen LogP contribution is -2.11. The zero-order valence-electron chi connectivity index (χ0n) is 6.63. The third kappa shape index (κ3) is 2.37. The Morgan fingerprint density at radius 1 is 1.73 bits per heavy atom. The first kappa shape index (κ1) is 7.71. The van der Waals surface area contributed by atoms with Crippen LogP contribution in [-0.4, -0.2) is 20.6 Å². The Kier molecular flexibility index (Phi) is 2.59. The predicted octanol–water partition coefficient (Wildman–Crippen LogP) is 0.213. The second kappa shape index (κ2) is 3.70. The zero-order chi connectivity index (χ0) is 8.10. The van der Waals surface area contributed by atoms with Crippen molar-refractivity contribution in [1.82, 2.24) is 25.9 Å². The van der Waals surface area contributed by atoms with Gasteiger partial charge in [0, 0.05) is 5.70 Å². The van der Waals surface area contributed by atoms with Crippen molar-refractivity contribution in [2.75, 3.05) is 0 Å². The van der Waals surface area contributed by atoms with Crippen LogP contribution in [0.4, 0.5) is 0 Å². The predicted molar refractivity (Wildman–Crippen MR) is 40.4 cm³/mol. The van der Waals surface area contributed by atoms with Gasteiger partial charge in [-0.1, -0.05) is 6.08 Å². The summed E-state index contributed by atoms with van der Waals surface area (Å²) in [5, 5.41) is 16.4. The maximum Gasteiger partial charge on any atom is 0.167 e. The number of hydrogen-bond acceptors (Lipinski definition) is 4. The Labute approximate surface area is 64.9 Å². The maximum absolute atomic E-state index is 3.72. The first-order valence-electron chi connectivity index (χ1n) is 3.42. The lowest BCUT2D eigenvalue weighted by molar-refractivity contribution is 0.757. The summed E-state index contributed by atoms with van der Waals surface area (Å²) >= 11 is 0. The topological polar surface area (TPSA) is 66.5 Å². The second-order valence-corrected chi connectivity index (χ2v) is 2.17. The highest BCUT2D eigenvalue weighted by Gasteiger charge is 1.93. The van der Waals surface area contributed by atoms with Gasteiger partial charge in [-0.05, 0) is 24.3 Å². The van der Waals surface area contributed by atoms with Crippen molar-refractivity contribution in [1.29, 1.82) is 0 Å². The molecule has 1 rings (SSSR count). The molecule has 5 heteroatoms. The van der Waals surface area contributed by atoms with Crippen LogP contribution in [0.25, 0.3) is 0 Å². The summed E-state index contributed by atoms with van der Waals surface area (Å²) < 4.78 is 0. The van der Waals surface area contributed by atoms with E-state index >= 15 is 0 Å². The van der Waals surface area contributed by atoms with E-state index in [0.29, 0.717) is 6.54 Å². The molecule has 11 heavy (non-hydrogen) atoms. The molecule has 0 saturated carbocycles. The fourth-order valence-electron chi connectivity index (χ4n) is 0.579. The molecule has 5 nitrogen and oxygen atoms in total. The Morgan fingerprint density at radius 3 is 3.09 bits per heavy atom. The summed E-state index contributed by atoms with van der Waals surface area (Å²) in [7, 11) is 0. The molecule has 1 heterocycles. The van der Waals surface area contributed by atoms with Gasteiger partial charge >= 0.3 is 0 Å². The minimum atomic E-state index is 0.642. The molecule has 2 N–H and O–H groups in total. The molecule has 0 aliphatic carbocycles. The van der Waals surface area contributed by atoms with Gasteiger partial charge in [0.2, 0.25) is 0 Å². The molecule has 0 saturated heterocycles. The quantitative estimate of drug-likeness (QED) is 0.651. The number of nitrogens with one attached hydrogen (secondary N) is 2. The van der Waals surface area contributed by atoms with Gasteiger partial charge in [0.25, 0.3) is 0 Å². The first-order valence-corrected chi connectivity index (χ1v) is 3.42. The number of rotatable bonds is 3. The van der Waals surface area contributed by atoms with Crippen molar-refractivity contribution in [3.8, 4) is 0 Å². The smallest absolute Gasteiger partial charge is 0.167 e. The second-order valence-electron chi connectivity index (χ2n) is 2.17. The van der Waals surface area contributed by atoms with E-state index in [1.807, 2.05) is 19.9 Å². The van der Waals surface area contributed by atoms with Crippen LogP contribution in [0.5, 0.6) is 0 Å². The van der Waals surface area contributed by atoms with Crippen molar-refractivity contribution in [3.05, 3.63) is 17.6 Å². The van der Waals surface area contributed by atoms with Crippen LogP contribution < -0.4 is 5.32 Å². The standard InChI is InChI=1S/C6H11N5/c1-3-5(2)7-4-6-8-10-11-9-6/h3,7H,4H2,1-2H3,(H,8,9,10,11). The molecule has 1 aromatic heterocycles. The normalized spacial score (nSPS) is 11.6. The van der Waals surface area contributed by atoms with Gasteiger partial charge in [0.1, 0.15) is 0 Å². The molecule has 0 fully saturated rings. The van der Waals surface area contributed by atoms with Gasteiger partial charge in [-0.25, -0.2) is 5.10 Å². The fourth-order valence-corrected chi connectivity index (χ4v) is 0.579. The molecular formula is C6H11N5. The summed E-state index contributed by atoms with van der Waals surface area (Å²) in [4.78, 5) is 0. The highest BCUT2D eigenvalue weighted by atomic mass is 15.5. The van der Waals surface area contributed by atoms with E-state index in [0.717, 1.165) is 11.5 Å². The van der Waals surface area contributed by atoms with Crippen molar-refractivity contribution >= 4 is 0 Å². The van der Waals surface area contributed by atoms with Gasteiger partial charge in [-0.2, -0.15) is 0 Å². The van der Waals surface area contributed by atoms with Crippen LogP contribution in [0, 0.1) is 0 Å². The summed E-state index contributed by atoms with van der Waals surface area (Å²) in [5.74, 6) is 0.742. The summed E-state index contributed by atoms with van der Waals surface area (Å²) in [6.45, 7) is 4.61. The number of hydrogen-bond donors (Lipinski definition) is 2. The molecule has 0 bridgehead atoms. The first-order chi connectivity index (χ1) is 5.33. The number of aromatic nitrogens is 4. The van der Waals surface area contributed by atoms with Crippen LogP contribution in [0.3, 0.4) is 0 Å². The molecule has 0 spiro atoms. The summed E-state index contributed by atoms with van der Waals surface area (Å²) in [6, 6.07) is 0. The molecule has 0 aliphatic rings. The van der Waals surface area contributed by atoms with Crippen LogP contribution in [0.15, 0.2) is 11.8 Å². The Morgan fingerprint density at radius 2 is 2.55 bits per heavy atom. The van der Waals surface area contributed by atoms with E-state index in [2.05, 4.69) is 25.9 Å². The highest BCUT2D eigenvalue weighted by molar-refractivity contribution is 4.93. The van der Waals surface area contributed by atoms with Crippen LogP contribution >= 0.6 is 0 Å². The van der Waals surface area contributed by atoms with Gasteiger partial charge in [-0.15, -0.1) is 5.10 Å². The van der Waals surface area contributed by atoms with E-state index in [4.69, 9.17) is 0 Å². The summed E-state index contributed by atoms with van der Waals surface area (Å²) in [6.07, 6.45) is 1.99. The number of H-pyrrole nitrogens is 1. The number of allylic oxidation sites excluding steroid dienone is 2. The van der Waals surface area contributed by atoms with Crippen molar-refractivity contribution < 1.29 is 0 Å². The summed E-state index contributed by atoms with van der Waals surface area (Å²) in [5.41, 5.74) is 1.11. The number of aromatic amines is 1. The lowest BCUT2D eigenvalue weighted by atomic mass is 10.4. The van der Waals surface area contributed by atoms with E-state index in [1.165, 1.54) is 0 Å². The van der Waals surface area contributed by atoms with E-state index in [9.17, 15) is 0 Å². The minimum Gasteiger partial charge on any atom is -0.381 e. The molecule has 0 atom stereocenters. The van der Waals surface area contributed by atoms with Gasteiger partial charge in [0.05, 0.1) is 6.54 Å². The number of nitrogens with zero attached hydrogens (tertiary/aromatic N) is 3. The lowest BCUT2D eigenvalue weighted by Gasteiger charge is -2.00. The van der Waals surface area contributed by atoms with Crippen molar-refractivity contribution in [2.45, 2.75) is 20.4 Å². The minimum absolute atomic E-state index is 0.642. The van der Waals surface area contributed by atoms with Crippen LogP contribution in [0.2, 0.25) is 0 Å². The Balaban J connectivity index is 2.35. The van der Waals surface area contributed by atoms with E-state index < -0.39 is 0 Å². The van der Waals surface area contributed by atoms with Gasteiger partial charge < -0.3 is 5.32 Å². The third-order valence-corrected chi connectivity index (χ3v) is 1.36. The molecule has 60 valence electrons. The van der Waals surface area contributed by atoms with Crippen molar-refractivity contribution in [3.63, 3.8) is 0 Å². The largest absolute Gasteiger partial charge is 0.381 e. The van der Waals surface area contributed by atoms with Gasteiger partial charge in [0.15, 0.2) is 5.82 Å². The number of tetrazole rings is 1. The average molecular weight is 153 g/mol. The van der Waals surface area contributed by atoms with E-state index in [1.54, 1.807) is 0 Å². The molecule has 0 amide bonds. The Bertz CT molecular complexity index is 225. The van der Waals surface area contributed by atoms with Gasteiger partial charge in [-0.3, -0.25) is 0 Å². The molecular weight excluding hydrogens is 142 g/mol. The molecule has 0 aliphatic heterocycles. The Hall–Kier alpha value is -1.39.